The summed E-state index contributed by atoms with van der Waals surface area (Å²) in [6, 6.07) is 10.5. The molecule has 0 spiro atoms. The van der Waals surface area contributed by atoms with Gasteiger partial charge in [0.25, 0.3) is 5.91 Å². The van der Waals surface area contributed by atoms with E-state index >= 15 is 0 Å². The maximum Gasteiger partial charge on any atom is 0.271 e. The summed E-state index contributed by atoms with van der Waals surface area (Å²) in [5.74, 6) is 1.77. The van der Waals surface area contributed by atoms with Crippen LogP contribution in [0.4, 0.5) is 0 Å². The average Bonchev–Trinajstić information content (AvgIpc) is 2.65. The number of carbonyl (C=O) groups excluding carboxylic acids is 1. The van der Waals surface area contributed by atoms with Gasteiger partial charge in [-0.05, 0) is 78.4 Å². The Hall–Kier alpha value is -2.29. The Kier molecular flexibility index (Phi) is 7.71. The zero-order valence-electron chi connectivity index (χ0n) is 14.9. The maximum absolute atomic E-state index is 12.1. The number of amides is 1. The molecule has 0 unspecified atom stereocenters. The van der Waals surface area contributed by atoms with Gasteiger partial charge < -0.3 is 14.2 Å². The molecule has 0 aliphatic heterocycles. The number of methoxy groups -OCH3 is 1. The van der Waals surface area contributed by atoms with Crippen molar-refractivity contribution in [3.05, 3.63) is 51.1 Å². The highest BCUT2D eigenvalue weighted by Crippen LogP contribution is 2.33. The van der Waals surface area contributed by atoms with Crippen molar-refractivity contribution in [3.63, 3.8) is 0 Å². The first-order valence-electron chi connectivity index (χ1n) is 8.15. The van der Waals surface area contributed by atoms with E-state index in [-0.39, 0.29) is 5.91 Å². The Morgan fingerprint density at radius 1 is 1.15 bits per heavy atom. The van der Waals surface area contributed by atoms with Crippen LogP contribution in [0.15, 0.2) is 41.5 Å². The molecule has 0 atom stereocenters. The van der Waals surface area contributed by atoms with Crippen LogP contribution < -0.4 is 19.6 Å². The zero-order chi connectivity index (χ0) is 18.9. The molecular weight excluding hydrogens is 447 g/mol. The van der Waals surface area contributed by atoms with Crippen LogP contribution in [0.2, 0.25) is 0 Å². The Morgan fingerprint density at radius 3 is 2.46 bits per heavy atom. The first-order valence-corrected chi connectivity index (χ1v) is 9.23. The number of ether oxygens (including phenoxy) is 3. The number of hydrogen-bond donors (Lipinski definition) is 1. The quantitative estimate of drug-likeness (QED) is 0.363. The molecular formula is C19H21IN2O4. The fourth-order valence-electron chi connectivity index (χ4n) is 2.18. The lowest BCUT2D eigenvalue weighted by molar-refractivity contribution is 0.0955. The zero-order valence-corrected chi connectivity index (χ0v) is 17.1. The summed E-state index contributed by atoms with van der Waals surface area (Å²) in [7, 11) is 1.58. The SMILES string of the molecule is CCOc1cc(/C=N\NC(=O)c2ccc(OC)cc2)cc(I)c1OCC. The minimum absolute atomic E-state index is 0.297. The van der Waals surface area contributed by atoms with E-state index in [0.29, 0.717) is 30.3 Å². The van der Waals surface area contributed by atoms with Gasteiger partial charge in [0.15, 0.2) is 11.5 Å². The average molecular weight is 468 g/mol. The molecule has 0 aromatic heterocycles. The fraction of sp³-hybridized carbons (Fsp3) is 0.263. The van der Waals surface area contributed by atoms with E-state index in [9.17, 15) is 4.79 Å². The largest absolute Gasteiger partial charge is 0.497 e. The molecule has 0 saturated carbocycles. The van der Waals surface area contributed by atoms with Crippen molar-refractivity contribution in [2.75, 3.05) is 20.3 Å². The molecule has 0 aliphatic carbocycles. The van der Waals surface area contributed by atoms with Crippen molar-refractivity contribution in [1.29, 1.82) is 0 Å². The van der Waals surface area contributed by atoms with Gasteiger partial charge in [0, 0.05) is 5.56 Å². The van der Waals surface area contributed by atoms with Crippen molar-refractivity contribution in [2.45, 2.75) is 13.8 Å². The van der Waals surface area contributed by atoms with Crippen LogP contribution in [-0.2, 0) is 0 Å². The van der Waals surface area contributed by atoms with Gasteiger partial charge >= 0.3 is 0 Å². The number of rotatable bonds is 8. The van der Waals surface area contributed by atoms with E-state index in [0.717, 1.165) is 14.9 Å². The Morgan fingerprint density at radius 2 is 1.85 bits per heavy atom. The topological polar surface area (TPSA) is 69.2 Å². The van der Waals surface area contributed by atoms with E-state index < -0.39 is 0 Å². The third-order valence-corrected chi connectivity index (χ3v) is 4.15. The minimum Gasteiger partial charge on any atom is -0.497 e. The molecule has 0 saturated heterocycles. The summed E-state index contributed by atoms with van der Waals surface area (Å²) in [4.78, 5) is 12.1. The van der Waals surface area contributed by atoms with Crippen LogP contribution in [0.3, 0.4) is 0 Å². The Labute approximate surface area is 166 Å². The molecule has 6 nitrogen and oxygen atoms in total. The molecule has 0 heterocycles. The highest BCUT2D eigenvalue weighted by atomic mass is 127. The van der Waals surface area contributed by atoms with Crippen LogP contribution in [0, 0.1) is 3.57 Å². The number of nitrogens with one attached hydrogen (secondary N) is 1. The Balaban J connectivity index is 2.10. The van der Waals surface area contributed by atoms with Crippen molar-refractivity contribution >= 4 is 34.7 Å². The van der Waals surface area contributed by atoms with Crippen LogP contribution in [0.5, 0.6) is 17.2 Å². The lowest BCUT2D eigenvalue weighted by Gasteiger charge is -2.13. The molecule has 138 valence electrons. The summed E-state index contributed by atoms with van der Waals surface area (Å²) in [6.07, 6.45) is 1.57. The summed E-state index contributed by atoms with van der Waals surface area (Å²) < 4.78 is 17.3. The van der Waals surface area contributed by atoms with Gasteiger partial charge in [0.1, 0.15) is 5.75 Å². The summed E-state index contributed by atoms with van der Waals surface area (Å²) in [6.45, 7) is 4.93. The first-order chi connectivity index (χ1) is 12.6. The summed E-state index contributed by atoms with van der Waals surface area (Å²) in [5, 5.41) is 4.02. The van der Waals surface area contributed by atoms with Gasteiger partial charge in [0.05, 0.1) is 30.1 Å². The highest BCUT2D eigenvalue weighted by Gasteiger charge is 2.11. The highest BCUT2D eigenvalue weighted by molar-refractivity contribution is 14.1. The lowest BCUT2D eigenvalue weighted by Crippen LogP contribution is -2.17. The van der Waals surface area contributed by atoms with E-state index in [1.165, 1.54) is 0 Å². The first kappa shape index (κ1) is 20.0. The number of hydrogen-bond acceptors (Lipinski definition) is 5. The molecule has 26 heavy (non-hydrogen) atoms. The van der Waals surface area contributed by atoms with Gasteiger partial charge in [-0.1, -0.05) is 0 Å². The van der Waals surface area contributed by atoms with Crippen molar-refractivity contribution in [1.82, 2.24) is 5.43 Å². The minimum atomic E-state index is -0.297. The second kappa shape index (κ2) is 10.0. The van der Waals surface area contributed by atoms with Crippen molar-refractivity contribution < 1.29 is 19.0 Å². The van der Waals surface area contributed by atoms with E-state index in [2.05, 4.69) is 33.1 Å². The number of carbonyl (C=O) groups is 1. The molecule has 1 N–H and O–H groups in total. The molecule has 7 heteroatoms. The molecule has 0 radical (unpaired) electrons. The van der Waals surface area contributed by atoms with Crippen molar-refractivity contribution in [2.24, 2.45) is 5.10 Å². The molecule has 2 aromatic carbocycles. The van der Waals surface area contributed by atoms with Crippen LogP contribution >= 0.6 is 22.6 Å². The number of benzene rings is 2. The maximum atomic E-state index is 12.1. The van der Waals surface area contributed by atoms with Crippen LogP contribution in [0.25, 0.3) is 0 Å². The molecule has 1 amide bonds. The molecule has 0 bridgehead atoms. The third kappa shape index (κ3) is 5.35. The standard InChI is InChI=1S/C19H21IN2O4/c1-4-25-17-11-13(10-16(20)18(17)26-5-2)12-21-22-19(23)14-6-8-15(24-3)9-7-14/h6-12H,4-5H2,1-3H3,(H,22,23)/b21-12-. The fourth-order valence-corrected chi connectivity index (χ4v) is 2.96. The number of hydrazone groups is 1. The molecule has 0 aliphatic rings. The smallest absolute Gasteiger partial charge is 0.271 e. The van der Waals surface area contributed by atoms with Gasteiger partial charge in [-0.3, -0.25) is 4.79 Å². The predicted molar refractivity (Wildman–Crippen MR) is 110 cm³/mol. The summed E-state index contributed by atoms with van der Waals surface area (Å²) in [5.41, 5.74) is 3.81. The van der Waals surface area contributed by atoms with E-state index in [1.807, 2.05) is 26.0 Å². The molecule has 2 aromatic rings. The number of halogens is 1. The van der Waals surface area contributed by atoms with E-state index in [1.54, 1.807) is 37.6 Å². The second-order valence-electron chi connectivity index (χ2n) is 5.12. The van der Waals surface area contributed by atoms with E-state index in [4.69, 9.17) is 14.2 Å². The van der Waals surface area contributed by atoms with Crippen LogP contribution in [0.1, 0.15) is 29.8 Å². The Bertz CT molecular complexity index is 776. The van der Waals surface area contributed by atoms with Crippen molar-refractivity contribution in [3.8, 4) is 17.2 Å². The molecule has 0 fully saturated rings. The predicted octanol–water partition coefficient (Wildman–Crippen LogP) is 3.86. The van der Waals surface area contributed by atoms with Gasteiger partial charge in [-0.15, -0.1) is 0 Å². The summed E-state index contributed by atoms with van der Waals surface area (Å²) >= 11 is 2.19. The van der Waals surface area contributed by atoms with Gasteiger partial charge in [-0.25, -0.2) is 5.43 Å². The lowest BCUT2D eigenvalue weighted by atomic mass is 10.2. The number of nitrogens with zero attached hydrogens (tertiary/aromatic N) is 1. The van der Waals surface area contributed by atoms with Gasteiger partial charge in [-0.2, -0.15) is 5.10 Å². The van der Waals surface area contributed by atoms with Gasteiger partial charge in [0.2, 0.25) is 0 Å². The molecule has 2 rings (SSSR count). The monoisotopic (exact) mass is 468 g/mol. The normalized spacial score (nSPS) is 10.6. The third-order valence-electron chi connectivity index (χ3n) is 3.35. The second-order valence-corrected chi connectivity index (χ2v) is 6.29. The van der Waals surface area contributed by atoms with Crippen LogP contribution in [-0.4, -0.2) is 32.4 Å².